The fourth-order valence-electron chi connectivity index (χ4n) is 11.6. The van der Waals surface area contributed by atoms with Crippen molar-refractivity contribution in [3.05, 3.63) is 47.0 Å². The van der Waals surface area contributed by atoms with Gasteiger partial charge in [0.2, 0.25) is 0 Å². The molecule has 360 valence electrons. The molecule has 1 aromatic rings. The first-order valence-electron chi connectivity index (χ1n) is 24.1. The number of hydrogen-bond acceptors (Lipinski definition) is 11. The van der Waals surface area contributed by atoms with E-state index in [4.69, 9.17) is 40.0 Å². The topological polar surface area (TPSA) is 179 Å². The van der Waals surface area contributed by atoms with E-state index in [2.05, 4.69) is 26.1 Å². The molecule has 2 unspecified atom stereocenters. The van der Waals surface area contributed by atoms with Gasteiger partial charge in [0.15, 0.2) is 11.6 Å². The number of carboxylic acid groups (broad SMARTS) is 1. The van der Waals surface area contributed by atoms with Crippen molar-refractivity contribution in [3.63, 3.8) is 0 Å². The number of nitrogens with one attached hydrogen (secondary N) is 1. The number of Topliss-reactive ketones (excluding diaryl/α,β-unsaturated/α-hetero) is 1. The molecule has 1 aromatic carbocycles. The number of amides is 1. The molecule has 0 aromatic heterocycles. The van der Waals surface area contributed by atoms with Crippen LogP contribution in [0.2, 0.25) is 5.02 Å². The Morgan fingerprint density at radius 2 is 1.62 bits per heavy atom. The number of carboxylic acids is 1. The lowest BCUT2D eigenvalue weighted by Gasteiger charge is -2.55. The Labute approximate surface area is 385 Å². The van der Waals surface area contributed by atoms with Crippen molar-refractivity contribution in [1.29, 1.82) is 0 Å². The summed E-state index contributed by atoms with van der Waals surface area (Å²) in [7, 11) is 0. The third kappa shape index (κ3) is 10.1. The summed E-state index contributed by atoms with van der Waals surface area (Å²) in [4.78, 5) is 40.3. The maximum Gasteiger partial charge on any atom is 0.408 e. The Kier molecular flexibility index (Phi) is 16.1. The molecule has 18 atom stereocenters. The summed E-state index contributed by atoms with van der Waals surface area (Å²) in [6.45, 7) is 19.5. The van der Waals surface area contributed by atoms with Gasteiger partial charge in [-0.05, 0) is 95.6 Å². The van der Waals surface area contributed by atoms with Gasteiger partial charge in [0.1, 0.15) is 18.4 Å². The molecule has 0 bridgehead atoms. The standard InChI is InChI=1S/C50H76ClNO12/c1-11-35(45(55)56)38-19-18-28(4)43(61-38)32(8)41(53)31(7)42(54)36(12-2)44-29(5)26-30(6)49(62-44)23-20-39(52-46(57)59-27-34-16-14-15-17-37(34)51)50(64-49)25-24-47(10,63-50)40-21-22-48(58,13-3)33(9)60-40/h14-17,20,23,28-33,35-36,38-41,43-44,53,58H,11-13,18-19,21-22,24-27H2,1-10H3,(H,52,57)(H,55,56)/t28-,29-,30+,31-,32-,33-,35?,36?,38+,39+,40+,41+,43+,44-,47-,48+,49-,50-/m0/s1. The Bertz CT molecular complexity index is 1830. The molecule has 4 saturated heterocycles. The lowest BCUT2D eigenvalue weighted by molar-refractivity contribution is -0.398. The maximum absolute atomic E-state index is 14.7. The van der Waals surface area contributed by atoms with Crippen molar-refractivity contribution in [2.75, 3.05) is 0 Å². The predicted octanol–water partition coefficient (Wildman–Crippen LogP) is 8.78. The number of alkyl carbamates (subject to hydrolysis) is 1. The molecule has 1 amide bonds. The zero-order valence-corrected chi connectivity index (χ0v) is 40.5. The van der Waals surface area contributed by atoms with E-state index in [9.17, 15) is 29.7 Å². The second-order valence-electron chi connectivity index (χ2n) is 20.3. The van der Waals surface area contributed by atoms with Gasteiger partial charge in [-0.3, -0.25) is 9.59 Å². The van der Waals surface area contributed by atoms with E-state index >= 15 is 0 Å². The SMILES string of the molecule is CCC(C(=O)[C@@H](C)[C@@H](O)[C@H](C)[C@@H]1O[C@@H](C(CC)C(=O)O)CC[C@@H]1C)[C@H]1O[C@]2(C=C[C@@H](NC(=O)OCc3ccccc3Cl)[C@]3(CC[C@@](C)([C@H]4CC[C@](O)(CC)[C@H](C)O4)O3)O2)[C@H](C)C[C@@H]1C. The average Bonchev–Trinajstić information content (AvgIpc) is 3.61. The van der Waals surface area contributed by atoms with Gasteiger partial charge in [-0.15, -0.1) is 0 Å². The quantitative estimate of drug-likeness (QED) is 0.123. The van der Waals surface area contributed by atoms with Crippen LogP contribution in [0, 0.1) is 41.4 Å². The summed E-state index contributed by atoms with van der Waals surface area (Å²) in [5.74, 6) is -6.32. The highest BCUT2D eigenvalue weighted by Crippen LogP contribution is 2.54. The number of rotatable bonds is 15. The minimum Gasteiger partial charge on any atom is -0.481 e. The number of hydrogen-bond donors (Lipinski definition) is 4. The summed E-state index contributed by atoms with van der Waals surface area (Å²) in [6, 6.07) is 6.37. The lowest BCUT2D eigenvalue weighted by atomic mass is 9.72. The normalized spacial score (nSPS) is 40.0. The van der Waals surface area contributed by atoms with E-state index in [1.807, 2.05) is 65.8 Å². The van der Waals surface area contributed by atoms with Gasteiger partial charge in [-0.25, -0.2) is 4.79 Å². The van der Waals surface area contributed by atoms with Crippen LogP contribution in [-0.2, 0) is 44.6 Å². The van der Waals surface area contributed by atoms with E-state index in [0.29, 0.717) is 68.4 Å². The largest absolute Gasteiger partial charge is 0.481 e. The average molecular weight is 919 g/mol. The van der Waals surface area contributed by atoms with Crippen LogP contribution in [0.4, 0.5) is 4.79 Å². The number of aliphatic hydroxyl groups is 2. The Morgan fingerprint density at radius 1 is 0.922 bits per heavy atom. The van der Waals surface area contributed by atoms with Crippen LogP contribution < -0.4 is 5.32 Å². The molecule has 4 N–H and O–H groups in total. The highest BCUT2D eigenvalue weighted by Gasteiger charge is 2.63. The van der Waals surface area contributed by atoms with E-state index in [1.54, 1.807) is 19.1 Å². The Hall–Kier alpha value is -2.62. The molecule has 64 heavy (non-hydrogen) atoms. The number of aliphatic hydroxyl groups excluding tert-OH is 1. The van der Waals surface area contributed by atoms with Crippen LogP contribution in [0.25, 0.3) is 0 Å². The monoisotopic (exact) mass is 918 g/mol. The van der Waals surface area contributed by atoms with Crippen molar-refractivity contribution >= 4 is 29.4 Å². The van der Waals surface area contributed by atoms with Crippen LogP contribution >= 0.6 is 11.6 Å². The van der Waals surface area contributed by atoms with Gasteiger partial charge >= 0.3 is 12.1 Å². The van der Waals surface area contributed by atoms with Crippen LogP contribution in [0.5, 0.6) is 0 Å². The minimum absolute atomic E-state index is 0.0399. The fraction of sp³-hybridized carbons (Fsp3) is 0.780. The van der Waals surface area contributed by atoms with Crippen molar-refractivity contribution in [2.24, 2.45) is 41.4 Å². The number of carbonyl (C=O) groups is 3. The van der Waals surface area contributed by atoms with Crippen LogP contribution in [-0.4, -0.2) is 98.6 Å². The number of halogens is 1. The molecule has 5 aliphatic heterocycles. The molecular weight excluding hydrogens is 842 g/mol. The van der Waals surface area contributed by atoms with Crippen LogP contribution in [0.1, 0.15) is 139 Å². The van der Waals surface area contributed by atoms with Crippen molar-refractivity contribution < 1.29 is 58.1 Å². The third-order valence-corrected chi connectivity index (χ3v) is 16.4. The van der Waals surface area contributed by atoms with Gasteiger partial charge < -0.3 is 49.1 Å². The summed E-state index contributed by atoms with van der Waals surface area (Å²) < 4.78 is 40.2. The second-order valence-corrected chi connectivity index (χ2v) is 20.7. The first-order valence-corrected chi connectivity index (χ1v) is 24.5. The number of benzene rings is 1. The number of carbonyl (C=O) groups excluding carboxylic acids is 2. The molecule has 14 heteroatoms. The fourth-order valence-corrected chi connectivity index (χ4v) is 11.8. The lowest BCUT2D eigenvalue weighted by Crippen LogP contribution is -2.65. The minimum atomic E-state index is -1.42. The van der Waals surface area contributed by atoms with E-state index in [0.717, 1.165) is 6.42 Å². The van der Waals surface area contributed by atoms with Crippen LogP contribution in [0.15, 0.2) is 36.4 Å². The number of ketones is 1. The molecule has 13 nitrogen and oxygen atoms in total. The molecule has 4 fully saturated rings. The summed E-state index contributed by atoms with van der Waals surface area (Å²) >= 11 is 6.36. The molecule has 6 rings (SSSR count). The molecule has 5 aliphatic rings. The second kappa shape index (κ2) is 20.3. The smallest absolute Gasteiger partial charge is 0.408 e. The summed E-state index contributed by atoms with van der Waals surface area (Å²) in [6.07, 6.45) is 5.34. The summed E-state index contributed by atoms with van der Waals surface area (Å²) in [5.41, 5.74) is -1.12. The molecule has 5 heterocycles. The zero-order chi connectivity index (χ0) is 46.9. The van der Waals surface area contributed by atoms with Gasteiger partial charge in [-0.2, -0.15) is 0 Å². The number of aliphatic carboxylic acids is 1. The van der Waals surface area contributed by atoms with Crippen molar-refractivity contribution in [1.82, 2.24) is 5.32 Å². The highest BCUT2D eigenvalue weighted by atomic mass is 35.5. The molecule has 0 saturated carbocycles. The molecule has 0 radical (unpaired) electrons. The first kappa shape index (κ1) is 50.8. The van der Waals surface area contributed by atoms with Crippen LogP contribution in [0.3, 0.4) is 0 Å². The number of ether oxygens (including phenoxy) is 6. The van der Waals surface area contributed by atoms with Gasteiger partial charge in [0, 0.05) is 40.7 Å². The summed E-state index contributed by atoms with van der Waals surface area (Å²) in [5, 5.41) is 36.5. The molecule has 2 spiro atoms. The van der Waals surface area contributed by atoms with E-state index < -0.39 is 95.1 Å². The van der Waals surface area contributed by atoms with Gasteiger partial charge in [0.05, 0.1) is 53.7 Å². The van der Waals surface area contributed by atoms with Gasteiger partial charge in [0.25, 0.3) is 0 Å². The Balaban J connectivity index is 1.24. The van der Waals surface area contributed by atoms with E-state index in [1.165, 1.54) is 0 Å². The predicted molar refractivity (Wildman–Crippen MR) is 241 cm³/mol. The highest BCUT2D eigenvalue weighted by molar-refractivity contribution is 6.31. The third-order valence-electron chi connectivity index (χ3n) is 16.1. The van der Waals surface area contributed by atoms with Crippen molar-refractivity contribution in [3.8, 4) is 0 Å². The van der Waals surface area contributed by atoms with Crippen molar-refractivity contribution in [2.45, 2.75) is 205 Å². The molecule has 0 aliphatic carbocycles. The zero-order valence-electron chi connectivity index (χ0n) is 39.7. The van der Waals surface area contributed by atoms with Gasteiger partial charge in [-0.1, -0.05) is 91.3 Å². The Morgan fingerprint density at radius 3 is 2.27 bits per heavy atom. The van der Waals surface area contributed by atoms with E-state index in [-0.39, 0.29) is 36.2 Å². The molecular formula is C50H76ClNO12. The first-order chi connectivity index (χ1) is 30.2. The maximum atomic E-state index is 14.7.